The molecule has 0 aromatic rings. The fraction of sp³-hybridized carbons (Fsp3) is 0.800. The molecule has 15 heavy (non-hydrogen) atoms. The van der Waals surface area contributed by atoms with E-state index in [-0.39, 0.29) is 6.04 Å². The minimum Gasteiger partial charge on any atom is -0.317 e. The lowest BCUT2D eigenvalue weighted by atomic mass is 10.00. The molecule has 1 unspecified atom stereocenters. The highest BCUT2D eigenvalue weighted by Gasteiger charge is 2.25. The molecule has 0 saturated heterocycles. The van der Waals surface area contributed by atoms with Crippen LogP contribution in [0.15, 0.2) is 0 Å². The Hall–Kier alpha value is -0.780. The lowest BCUT2D eigenvalue weighted by Gasteiger charge is -2.28. The molecule has 0 aromatic heterocycles. The monoisotopic (exact) mass is 215 g/mol. The molecule has 5 heteroatoms. The second-order valence-corrected chi connectivity index (χ2v) is 3.52. The molecule has 0 saturated carbocycles. The summed E-state index contributed by atoms with van der Waals surface area (Å²) < 4.78 is 0. The summed E-state index contributed by atoms with van der Waals surface area (Å²) in [5.41, 5.74) is -0.683. The number of likely N-dealkylation sites (N-methyl/N-ethyl adjacent to an activating group) is 2. The van der Waals surface area contributed by atoms with E-state index < -0.39 is 5.66 Å². The summed E-state index contributed by atoms with van der Waals surface area (Å²) in [6.45, 7) is 0. The number of carbonyl (C=O) groups is 2. The van der Waals surface area contributed by atoms with Gasteiger partial charge in [0.15, 0.2) is 6.29 Å². The summed E-state index contributed by atoms with van der Waals surface area (Å²) in [6.07, 6.45) is 3.63. The summed E-state index contributed by atoms with van der Waals surface area (Å²) >= 11 is 0. The van der Waals surface area contributed by atoms with Crippen LogP contribution in [0, 0.1) is 0 Å². The van der Waals surface area contributed by atoms with Crippen LogP contribution in [0.2, 0.25) is 0 Å². The van der Waals surface area contributed by atoms with Crippen molar-refractivity contribution in [1.29, 1.82) is 0 Å². The van der Waals surface area contributed by atoms with Gasteiger partial charge >= 0.3 is 0 Å². The Balaban J connectivity index is 4.18. The highest BCUT2D eigenvalue weighted by molar-refractivity contribution is 5.63. The second kappa shape index (κ2) is 7.50. The van der Waals surface area contributed by atoms with Crippen LogP contribution in [-0.2, 0) is 9.59 Å². The average Bonchev–Trinajstić information content (AvgIpc) is 2.30. The van der Waals surface area contributed by atoms with Gasteiger partial charge in [-0.1, -0.05) is 0 Å². The van der Waals surface area contributed by atoms with Crippen molar-refractivity contribution in [2.45, 2.75) is 31.0 Å². The van der Waals surface area contributed by atoms with Crippen LogP contribution in [-0.4, -0.2) is 45.4 Å². The minimum atomic E-state index is -0.683. The number of rotatable bonds is 9. The molecule has 0 amide bonds. The van der Waals surface area contributed by atoms with Gasteiger partial charge in [-0.2, -0.15) is 0 Å². The fourth-order valence-electron chi connectivity index (χ4n) is 1.45. The molecule has 0 fully saturated rings. The van der Waals surface area contributed by atoms with E-state index in [0.29, 0.717) is 12.8 Å². The van der Waals surface area contributed by atoms with Gasteiger partial charge in [-0.3, -0.25) is 15.4 Å². The van der Waals surface area contributed by atoms with E-state index in [9.17, 15) is 9.59 Å². The van der Waals surface area contributed by atoms with E-state index in [1.165, 1.54) is 0 Å². The summed E-state index contributed by atoms with van der Waals surface area (Å²) in [5, 5.41) is 8.93. The van der Waals surface area contributed by atoms with Gasteiger partial charge in [0.05, 0.1) is 0 Å². The molecule has 0 aliphatic rings. The Morgan fingerprint density at radius 2 is 1.80 bits per heavy atom. The predicted molar refractivity (Wildman–Crippen MR) is 59.7 cm³/mol. The van der Waals surface area contributed by atoms with Crippen LogP contribution in [0.1, 0.15) is 19.3 Å². The zero-order valence-corrected chi connectivity index (χ0v) is 9.67. The molecule has 0 heterocycles. The first-order valence-corrected chi connectivity index (χ1v) is 5.13. The Labute approximate surface area is 91.0 Å². The third kappa shape index (κ3) is 4.51. The lowest BCUT2D eigenvalue weighted by Crippen LogP contribution is -2.56. The Morgan fingerprint density at radius 1 is 1.20 bits per heavy atom. The summed E-state index contributed by atoms with van der Waals surface area (Å²) in [7, 11) is 5.29. The maximum absolute atomic E-state index is 10.9. The first-order chi connectivity index (χ1) is 7.17. The molecular weight excluding hydrogens is 194 g/mol. The molecular formula is C10H21N3O2. The average molecular weight is 215 g/mol. The second-order valence-electron chi connectivity index (χ2n) is 3.52. The molecule has 3 N–H and O–H groups in total. The Kier molecular flexibility index (Phi) is 7.11. The molecule has 0 bridgehead atoms. The number of nitrogens with one attached hydrogen (secondary N) is 3. The first-order valence-electron chi connectivity index (χ1n) is 5.13. The fourth-order valence-corrected chi connectivity index (χ4v) is 1.45. The summed E-state index contributed by atoms with van der Waals surface area (Å²) in [5.74, 6) is 0. The third-order valence-electron chi connectivity index (χ3n) is 2.77. The number of carbonyl (C=O) groups excluding carboxylic acids is 2. The van der Waals surface area contributed by atoms with Crippen molar-refractivity contribution in [3.05, 3.63) is 0 Å². The maximum atomic E-state index is 10.9. The first kappa shape index (κ1) is 14.2. The molecule has 88 valence electrons. The number of hydrogen-bond acceptors (Lipinski definition) is 5. The van der Waals surface area contributed by atoms with Gasteiger partial charge in [0.1, 0.15) is 11.9 Å². The predicted octanol–water partition coefficient (Wildman–Crippen LogP) is -0.722. The van der Waals surface area contributed by atoms with Gasteiger partial charge in [-0.05, 0) is 34.0 Å². The molecule has 0 spiro atoms. The minimum absolute atomic E-state index is 0.128. The van der Waals surface area contributed by atoms with E-state index >= 15 is 0 Å². The third-order valence-corrected chi connectivity index (χ3v) is 2.77. The van der Waals surface area contributed by atoms with Crippen molar-refractivity contribution in [2.24, 2.45) is 0 Å². The number of aldehydes is 2. The van der Waals surface area contributed by atoms with Gasteiger partial charge in [0, 0.05) is 12.5 Å². The van der Waals surface area contributed by atoms with E-state index in [1.54, 1.807) is 14.1 Å². The van der Waals surface area contributed by atoms with Crippen molar-refractivity contribution >= 4 is 12.6 Å². The Bertz CT molecular complexity index is 193. The van der Waals surface area contributed by atoms with E-state index in [1.807, 2.05) is 7.05 Å². The van der Waals surface area contributed by atoms with Crippen molar-refractivity contribution in [2.75, 3.05) is 21.1 Å². The van der Waals surface area contributed by atoms with Crippen LogP contribution in [0.25, 0.3) is 0 Å². The summed E-state index contributed by atoms with van der Waals surface area (Å²) in [4.78, 5) is 21.3. The van der Waals surface area contributed by atoms with Crippen molar-refractivity contribution < 1.29 is 9.59 Å². The molecule has 1 atom stereocenters. The van der Waals surface area contributed by atoms with E-state index in [4.69, 9.17) is 0 Å². The van der Waals surface area contributed by atoms with Crippen LogP contribution in [0.3, 0.4) is 0 Å². The standard InChI is InChI=1S/C10H21N3O2/c1-11-9(5-7-14)4-6-10(8-15,12-2)13-3/h7-9,11-13H,4-6H2,1-3H3. The quantitative estimate of drug-likeness (QED) is 0.350. The highest BCUT2D eigenvalue weighted by Crippen LogP contribution is 2.09. The van der Waals surface area contributed by atoms with Gasteiger partial charge in [-0.25, -0.2) is 0 Å². The van der Waals surface area contributed by atoms with E-state index in [0.717, 1.165) is 19.0 Å². The van der Waals surface area contributed by atoms with Crippen LogP contribution >= 0.6 is 0 Å². The molecule has 0 rings (SSSR count). The molecule has 5 nitrogen and oxygen atoms in total. The van der Waals surface area contributed by atoms with Crippen LogP contribution in [0.5, 0.6) is 0 Å². The maximum Gasteiger partial charge on any atom is 0.154 e. The zero-order chi connectivity index (χ0) is 11.7. The lowest BCUT2D eigenvalue weighted by molar-refractivity contribution is -0.114. The summed E-state index contributed by atoms with van der Waals surface area (Å²) in [6, 6.07) is 0.128. The largest absolute Gasteiger partial charge is 0.317 e. The van der Waals surface area contributed by atoms with Crippen molar-refractivity contribution in [1.82, 2.24) is 16.0 Å². The highest BCUT2D eigenvalue weighted by atomic mass is 16.1. The zero-order valence-electron chi connectivity index (χ0n) is 9.67. The van der Waals surface area contributed by atoms with Gasteiger partial charge in [0.2, 0.25) is 0 Å². The van der Waals surface area contributed by atoms with E-state index in [2.05, 4.69) is 16.0 Å². The van der Waals surface area contributed by atoms with Crippen molar-refractivity contribution in [3.8, 4) is 0 Å². The van der Waals surface area contributed by atoms with Crippen LogP contribution in [0.4, 0.5) is 0 Å². The van der Waals surface area contributed by atoms with Crippen LogP contribution < -0.4 is 16.0 Å². The molecule has 0 radical (unpaired) electrons. The van der Waals surface area contributed by atoms with Gasteiger partial charge in [0.25, 0.3) is 0 Å². The Morgan fingerprint density at radius 3 is 2.13 bits per heavy atom. The topological polar surface area (TPSA) is 70.2 Å². The van der Waals surface area contributed by atoms with Gasteiger partial charge < -0.3 is 10.1 Å². The normalized spacial score (nSPS) is 13.5. The molecule has 0 aliphatic heterocycles. The molecule has 0 aromatic carbocycles. The SMILES string of the molecule is CNC(CC=O)CCC(C=O)(NC)NC. The smallest absolute Gasteiger partial charge is 0.154 e. The van der Waals surface area contributed by atoms with Crippen molar-refractivity contribution in [3.63, 3.8) is 0 Å². The molecule has 0 aliphatic carbocycles. The number of hydrogen-bond donors (Lipinski definition) is 3. The van der Waals surface area contributed by atoms with Gasteiger partial charge in [-0.15, -0.1) is 0 Å².